The van der Waals surface area contributed by atoms with Crippen LogP contribution in [0.3, 0.4) is 0 Å². The minimum absolute atomic E-state index is 0.133. The Bertz CT molecular complexity index is 680. The Morgan fingerprint density at radius 3 is 2.90 bits per heavy atom. The smallest absolute Gasteiger partial charge is 0.161 e. The Balaban J connectivity index is 2.02. The van der Waals surface area contributed by atoms with Crippen molar-refractivity contribution < 1.29 is 9.18 Å². The molecule has 0 bridgehead atoms. The maximum Gasteiger partial charge on any atom is 0.161 e. The molecule has 2 heterocycles. The van der Waals surface area contributed by atoms with Crippen molar-refractivity contribution in [3.05, 3.63) is 41.2 Å². The standard InChI is InChI=1S/C14H15FN4O/c1-9-5-13(11(10(2)20)6-12(9)15)18-3-4-19-8-16-17-14(19)7-18/h5-6,8H,3-4,7H2,1-2H3. The molecule has 1 aromatic carbocycles. The first-order valence-electron chi connectivity index (χ1n) is 6.49. The van der Waals surface area contributed by atoms with Crippen LogP contribution >= 0.6 is 0 Å². The van der Waals surface area contributed by atoms with E-state index in [0.717, 1.165) is 24.6 Å². The van der Waals surface area contributed by atoms with Crippen LogP contribution < -0.4 is 4.90 Å². The molecule has 1 aliphatic rings. The minimum Gasteiger partial charge on any atom is -0.362 e. The van der Waals surface area contributed by atoms with Crippen LogP contribution in [-0.4, -0.2) is 27.1 Å². The fourth-order valence-corrected chi connectivity index (χ4v) is 2.48. The predicted molar refractivity (Wildman–Crippen MR) is 72.2 cm³/mol. The van der Waals surface area contributed by atoms with E-state index in [1.807, 2.05) is 9.47 Å². The number of fused-ring (bicyclic) bond motifs is 1. The monoisotopic (exact) mass is 274 g/mol. The van der Waals surface area contributed by atoms with E-state index >= 15 is 0 Å². The SMILES string of the molecule is CC(=O)c1cc(F)c(C)cc1N1CCn2cnnc2C1. The van der Waals surface area contributed by atoms with E-state index < -0.39 is 0 Å². The van der Waals surface area contributed by atoms with Crippen molar-refractivity contribution in [2.75, 3.05) is 11.4 Å². The van der Waals surface area contributed by atoms with Gasteiger partial charge in [0.25, 0.3) is 0 Å². The maximum atomic E-state index is 13.7. The lowest BCUT2D eigenvalue weighted by atomic mass is 10.0. The highest BCUT2D eigenvalue weighted by Crippen LogP contribution is 2.27. The van der Waals surface area contributed by atoms with Gasteiger partial charge < -0.3 is 9.47 Å². The lowest BCUT2D eigenvalue weighted by Crippen LogP contribution is -2.34. The van der Waals surface area contributed by atoms with Gasteiger partial charge in [-0.15, -0.1) is 10.2 Å². The number of aromatic nitrogens is 3. The normalized spacial score (nSPS) is 14.2. The highest BCUT2D eigenvalue weighted by atomic mass is 19.1. The van der Waals surface area contributed by atoms with E-state index in [2.05, 4.69) is 10.2 Å². The molecule has 0 N–H and O–H groups in total. The first kappa shape index (κ1) is 12.8. The minimum atomic E-state index is -0.348. The molecule has 20 heavy (non-hydrogen) atoms. The molecule has 0 spiro atoms. The summed E-state index contributed by atoms with van der Waals surface area (Å²) in [5, 5.41) is 7.94. The number of halogens is 1. The Morgan fingerprint density at radius 2 is 2.15 bits per heavy atom. The second kappa shape index (κ2) is 4.70. The summed E-state index contributed by atoms with van der Waals surface area (Å²) < 4.78 is 15.7. The number of ketones is 1. The van der Waals surface area contributed by atoms with Gasteiger partial charge in [0.05, 0.1) is 6.54 Å². The number of carbonyl (C=O) groups is 1. The van der Waals surface area contributed by atoms with E-state index in [1.165, 1.54) is 13.0 Å². The van der Waals surface area contributed by atoms with Gasteiger partial charge in [-0.1, -0.05) is 0 Å². The fraction of sp³-hybridized carbons (Fsp3) is 0.357. The average Bonchev–Trinajstić information content (AvgIpc) is 2.88. The summed E-state index contributed by atoms with van der Waals surface area (Å²) in [6.45, 7) is 5.24. The summed E-state index contributed by atoms with van der Waals surface area (Å²) in [4.78, 5) is 13.8. The van der Waals surface area contributed by atoms with E-state index in [9.17, 15) is 9.18 Å². The summed E-state index contributed by atoms with van der Waals surface area (Å²) in [6.07, 6.45) is 1.70. The highest BCUT2D eigenvalue weighted by molar-refractivity contribution is 5.99. The summed E-state index contributed by atoms with van der Waals surface area (Å²) in [5.41, 5.74) is 1.73. The number of anilines is 1. The van der Waals surface area contributed by atoms with Gasteiger partial charge in [-0.3, -0.25) is 4.79 Å². The van der Waals surface area contributed by atoms with Gasteiger partial charge in [0.1, 0.15) is 12.1 Å². The maximum absolute atomic E-state index is 13.7. The molecule has 0 saturated carbocycles. The Morgan fingerprint density at radius 1 is 1.35 bits per heavy atom. The number of rotatable bonds is 2. The molecular formula is C14H15FN4O. The zero-order valence-electron chi connectivity index (χ0n) is 11.4. The molecule has 1 aliphatic heterocycles. The third kappa shape index (κ3) is 2.07. The van der Waals surface area contributed by atoms with Crippen molar-refractivity contribution in [3.63, 3.8) is 0 Å². The average molecular weight is 274 g/mol. The zero-order chi connectivity index (χ0) is 14.3. The molecular weight excluding hydrogens is 259 g/mol. The molecule has 0 unspecified atom stereocenters. The highest BCUT2D eigenvalue weighted by Gasteiger charge is 2.22. The van der Waals surface area contributed by atoms with Crippen LogP contribution in [0.15, 0.2) is 18.5 Å². The summed E-state index contributed by atoms with van der Waals surface area (Å²) in [5.74, 6) is 0.373. The zero-order valence-corrected chi connectivity index (χ0v) is 11.4. The van der Waals surface area contributed by atoms with E-state index in [0.29, 0.717) is 17.7 Å². The summed E-state index contributed by atoms with van der Waals surface area (Å²) in [7, 11) is 0. The number of hydrogen-bond donors (Lipinski definition) is 0. The molecule has 6 heteroatoms. The van der Waals surface area contributed by atoms with Crippen molar-refractivity contribution in [3.8, 4) is 0 Å². The van der Waals surface area contributed by atoms with Gasteiger partial charge >= 0.3 is 0 Å². The van der Waals surface area contributed by atoms with Crippen LogP contribution in [-0.2, 0) is 13.1 Å². The molecule has 0 radical (unpaired) electrons. The Hall–Kier alpha value is -2.24. The van der Waals surface area contributed by atoms with Crippen molar-refractivity contribution in [2.24, 2.45) is 0 Å². The molecule has 104 valence electrons. The van der Waals surface area contributed by atoms with Crippen LogP contribution in [0.5, 0.6) is 0 Å². The number of Topliss-reactive ketones (excluding diaryl/α,β-unsaturated/α-hetero) is 1. The first-order valence-corrected chi connectivity index (χ1v) is 6.49. The topological polar surface area (TPSA) is 51.0 Å². The van der Waals surface area contributed by atoms with Crippen molar-refractivity contribution in [1.29, 1.82) is 0 Å². The van der Waals surface area contributed by atoms with Gasteiger partial charge in [0, 0.05) is 24.3 Å². The summed E-state index contributed by atoms with van der Waals surface area (Å²) in [6, 6.07) is 3.06. The second-order valence-corrected chi connectivity index (χ2v) is 5.04. The third-order valence-electron chi connectivity index (χ3n) is 3.64. The van der Waals surface area contributed by atoms with Crippen LogP contribution in [0.25, 0.3) is 0 Å². The molecule has 0 fully saturated rings. The van der Waals surface area contributed by atoms with Crippen molar-refractivity contribution >= 4 is 11.5 Å². The molecule has 1 aromatic heterocycles. The molecule has 0 amide bonds. The molecule has 0 aliphatic carbocycles. The van der Waals surface area contributed by atoms with Crippen LogP contribution in [0, 0.1) is 12.7 Å². The van der Waals surface area contributed by atoms with Gasteiger partial charge in [0.2, 0.25) is 0 Å². The molecule has 2 aromatic rings. The Labute approximate surface area is 116 Å². The summed E-state index contributed by atoms with van der Waals surface area (Å²) >= 11 is 0. The van der Waals surface area contributed by atoms with Gasteiger partial charge in [-0.05, 0) is 31.5 Å². The Kier molecular flexibility index (Phi) is 3.00. The van der Waals surface area contributed by atoms with Crippen LogP contribution in [0.2, 0.25) is 0 Å². The van der Waals surface area contributed by atoms with E-state index in [-0.39, 0.29) is 11.6 Å². The largest absolute Gasteiger partial charge is 0.362 e. The molecule has 0 atom stereocenters. The fourth-order valence-electron chi connectivity index (χ4n) is 2.48. The van der Waals surface area contributed by atoms with Gasteiger partial charge in [0.15, 0.2) is 11.6 Å². The first-order chi connectivity index (χ1) is 9.56. The van der Waals surface area contributed by atoms with E-state index in [1.54, 1.807) is 19.3 Å². The number of hydrogen-bond acceptors (Lipinski definition) is 4. The number of nitrogens with zero attached hydrogens (tertiary/aromatic N) is 4. The lowest BCUT2D eigenvalue weighted by molar-refractivity contribution is 0.101. The lowest BCUT2D eigenvalue weighted by Gasteiger charge is -2.30. The van der Waals surface area contributed by atoms with Crippen molar-refractivity contribution in [1.82, 2.24) is 14.8 Å². The molecule has 0 saturated heterocycles. The van der Waals surface area contributed by atoms with Crippen molar-refractivity contribution in [2.45, 2.75) is 26.9 Å². The van der Waals surface area contributed by atoms with Crippen LogP contribution in [0.1, 0.15) is 28.7 Å². The predicted octanol–water partition coefficient (Wildman–Crippen LogP) is 1.95. The molecule has 3 rings (SSSR count). The van der Waals surface area contributed by atoms with E-state index in [4.69, 9.17) is 0 Å². The van der Waals surface area contributed by atoms with Gasteiger partial charge in [-0.25, -0.2) is 4.39 Å². The number of carbonyl (C=O) groups excluding carboxylic acids is 1. The molecule has 5 nitrogen and oxygen atoms in total. The quantitative estimate of drug-likeness (QED) is 0.785. The second-order valence-electron chi connectivity index (χ2n) is 5.04. The van der Waals surface area contributed by atoms with Crippen LogP contribution in [0.4, 0.5) is 10.1 Å². The number of benzene rings is 1. The third-order valence-corrected chi connectivity index (χ3v) is 3.64. The van der Waals surface area contributed by atoms with Gasteiger partial charge in [-0.2, -0.15) is 0 Å². The number of aryl methyl sites for hydroxylation is 1.